The lowest BCUT2D eigenvalue weighted by Crippen LogP contribution is -2.30. The molecule has 7 heteroatoms. The van der Waals surface area contributed by atoms with Crippen molar-refractivity contribution in [3.63, 3.8) is 0 Å². The molecule has 5 nitrogen and oxygen atoms in total. The molecule has 29 heavy (non-hydrogen) atoms. The standard InChI is InChI=1S/C22H20ClN3O2S/c1-14-10-17(15(2)25(14)13-18-7-5-9-28-18)11-20-21(27)26(22(29)24-20)12-16-6-3-4-8-19(16)23/h3-11H,12-13H2,1-2H3,(H,24,29). The lowest BCUT2D eigenvalue weighted by Gasteiger charge is -2.14. The number of aromatic nitrogens is 1. The van der Waals surface area contributed by atoms with Crippen molar-refractivity contribution in [1.29, 1.82) is 0 Å². The third-order valence-electron chi connectivity index (χ3n) is 5.06. The maximum absolute atomic E-state index is 12.9. The van der Waals surface area contributed by atoms with Gasteiger partial charge >= 0.3 is 0 Å². The molecule has 148 valence electrons. The van der Waals surface area contributed by atoms with E-state index in [0.29, 0.717) is 28.9 Å². The van der Waals surface area contributed by atoms with Crippen LogP contribution in [-0.2, 0) is 17.9 Å². The van der Waals surface area contributed by atoms with E-state index in [1.165, 1.54) is 4.90 Å². The molecule has 3 aromatic rings. The van der Waals surface area contributed by atoms with Crippen LogP contribution in [0.5, 0.6) is 0 Å². The summed E-state index contributed by atoms with van der Waals surface area (Å²) in [6.07, 6.45) is 3.52. The second kappa shape index (κ2) is 7.89. The highest BCUT2D eigenvalue weighted by Gasteiger charge is 2.31. The lowest BCUT2D eigenvalue weighted by molar-refractivity contribution is -0.122. The Hall–Kier alpha value is -2.83. The largest absolute Gasteiger partial charge is 0.467 e. The van der Waals surface area contributed by atoms with Crippen LogP contribution < -0.4 is 5.32 Å². The number of rotatable bonds is 5. The number of hydrogen-bond donors (Lipinski definition) is 1. The van der Waals surface area contributed by atoms with Gasteiger partial charge in [0.05, 0.1) is 19.4 Å². The molecule has 1 aliphatic heterocycles. The number of hydrogen-bond acceptors (Lipinski definition) is 3. The molecule has 3 heterocycles. The number of benzene rings is 1. The van der Waals surface area contributed by atoms with E-state index in [2.05, 4.69) is 16.0 Å². The fraction of sp³-hybridized carbons (Fsp3) is 0.182. The predicted molar refractivity (Wildman–Crippen MR) is 117 cm³/mol. The quantitative estimate of drug-likeness (QED) is 0.477. The summed E-state index contributed by atoms with van der Waals surface area (Å²) in [6.45, 7) is 5.04. The number of carbonyl (C=O) groups is 1. The summed E-state index contributed by atoms with van der Waals surface area (Å²) >= 11 is 11.6. The molecule has 1 fully saturated rings. The topological polar surface area (TPSA) is 50.4 Å². The highest BCUT2D eigenvalue weighted by Crippen LogP contribution is 2.24. The summed E-state index contributed by atoms with van der Waals surface area (Å²) in [4.78, 5) is 14.5. The summed E-state index contributed by atoms with van der Waals surface area (Å²) in [5.41, 5.74) is 4.42. The van der Waals surface area contributed by atoms with Gasteiger partial charge in [0, 0.05) is 16.4 Å². The molecule has 0 radical (unpaired) electrons. The Kier molecular flexibility index (Phi) is 5.30. The van der Waals surface area contributed by atoms with Crippen molar-refractivity contribution in [2.24, 2.45) is 0 Å². The molecular weight excluding hydrogens is 406 g/mol. The zero-order valence-corrected chi connectivity index (χ0v) is 17.7. The van der Waals surface area contributed by atoms with Crippen molar-refractivity contribution in [3.8, 4) is 0 Å². The van der Waals surface area contributed by atoms with E-state index in [4.69, 9.17) is 28.2 Å². The first-order valence-electron chi connectivity index (χ1n) is 9.21. The number of carbonyl (C=O) groups excluding carboxylic acids is 1. The zero-order chi connectivity index (χ0) is 20.5. The van der Waals surface area contributed by atoms with Gasteiger partial charge in [-0.25, -0.2) is 0 Å². The van der Waals surface area contributed by atoms with Gasteiger partial charge < -0.3 is 14.3 Å². The van der Waals surface area contributed by atoms with Gasteiger partial charge in [-0.2, -0.15) is 0 Å². The van der Waals surface area contributed by atoms with Crippen LogP contribution in [0.25, 0.3) is 6.08 Å². The Balaban J connectivity index is 1.58. The van der Waals surface area contributed by atoms with Crippen LogP contribution >= 0.6 is 23.8 Å². The van der Waals surface area contributed by atoms with Gasteiger partial charge in [-0.1, -0.05) is 29.8 Å². The fourth-order valence-electron chi connectivity index (χ4n) is 3.44. The second-order valence-corrected chi connectivity index (χ2v) is 7.76. The molecule has 1 N–H and O–H groups in total. The maximum atomic E-state index is 12.9. The minimum absolute atomic E-state index is 0.161. The number of thiocarbonyl (C=S) groups is 1. The van der Waals surface area contributed by atoms with E-state index >= 15 is 0 Å². The van der Waals surface area contributed by atoms with Crippen molar-refractivity contribution in [3.05, 3.63) is 87.7 Å². The molecule has 1 aliphatic rings. The van der Waals surface area contributed by atoms with Crippen LogP contribution in [0.4, 0.5) is 0 Å². The zero-order valence-electron chi connectivity index (χ0n) is 16.1. The van der Waals surface area contributed by atoms with Gasteiger partial charge in [0.15, 0.2) is 5.11 Å². The van der Waals surface area contributed by atoms with Gasteiger partial charge in [0.25, 0.3) is 5.91 Å². The Labute approximate surface area is 179 Å². The highest BCUT2D eigenvalue weighted by atomic mass is 35.5. The Morgan fingerprint density at radius 3 is 2.69 bits per heavy atom. The monoisotopic (exact) mass is 425 g/mol. The average Bonchev–Trinajstić information content (AvgIpc) is 3.36. The van der Waals surface area contributed by atoms with Crippen LogP contribution in [0, 0.1) is 13.8 Å². The van der Waals surface area contributed by atoms with Crippen molar-refractivity contribution in [2.45, 2.75) is 26.9 Å². The number of furan rings is 1. The van der Waals surface area contributed by atoms with E-state index in [1.54, 1.807) is 12.3 Å². The summed E-state index contributed by atoms with van der Waals surface area (Å²) in [6, 6.07) is 13.3. The van der Waals surface area contributed by atoms with E-state index in [9.17, 15) is 4.79 Å². The molecule has 1 amide bonds. The van der Waals surface area contributed by atoms with Crippen LogP contribution in [0.15, 0.2) is 58.8 Å². The van der Waals surface area contributed by atoms with Crippen molar-refractivity contribution < 1.29 is 9.21 Å². The summed E-state index contributed by atoms with van der Waals surface area (Å²) < 4.78 is 7.62. The van der Waals surface area contributed by atoms with Crippen LogP contribution in [0.3, 0.4) is 0 Å². The van der Waals surface area contributed by atoms with Gasteiger partial charge in [-0.15, -0.1) is 0 Å². The van der Waals surface area contributed by atoms with Gasteiger partial charge in [0.1, 0.15) is 11.5 Å². The summed E-state index contributed by atoms with van der Waals surface area (Å²) in [5, 5.41) is 4.03. The molecule has 0 saturated carbocycles. The molecule has 0 unspecified atom stereocenters. The number of aryl methyl sites for hydroxylation is 1. The van der Waals surface area contributed by atoms with Crippen LogP contribution in [0.2, 0.25) is 5.02 Å². The minimum Gasteiger partial charge on any atom is -0.467 e. The first-order chi connectivity index (χ1) is 13.9. The average molecular weight is 426 g/mol. The Bertz CT molecular complexity index is 1120. The van der Waals surface area contributed by atoms with Gasteiger partial charge in [-0.3, -0.25) is 9.69 Å². The molecular formula is C22H20ClN3O2S. The van der Waals surface area contributed by atoms with Crippen molar-refractivity contribution >= 4 is 40.9 Å². The van der Waals surface area contributed by atoms with Crippen molar-refractivity contribution in [1.82, 2.24) is 14.8 Å². The summed E-state index contributed by atoms with van der Waals surface area (Å²) in [7, 11) is 0. The fourth-order valence-corrected chi connectivity index (χ4v) is 3.90. The molecule has 0 spiro atoms. The first kappa shape index (κ1) is 19.5. The van der Waals surface area contributed by atoms with E-state index < -0.39 is 0 Å². The third kappa shape index (κ3) is 3.86. The molecule has 4 rings (SSSR count). The molecule has 0 aliphatic carbocycles. The number of nitrogens with one attached hydrogen (secondary N) is 1. The number of nitrogens with zero attached hydrogens (tertiary/aromatic N) is 2. The molecule has 0 bridgehead atoms. The lowest BCUT2D eigenvalue weighted by atomic mass is 10.2. The Morgan fingerprint density at radius 2 is 1.97 bits per heavy atom. The minimum atomic E-state index is -0.161. The van der Waals surface area contributed by atoms with E-state index in [1.807, 2.05) is 50.3 Å². The molecule has 0 atom stereocenters. The SMILES string of the molecule is Cc1cc(C=C2NC(=S)N(Cc3ccccc3Cl)C2=O)c(C)n1Cc1ccco1. The normalized spacial score (nSPS) is 15.4. The molecule has 1 saturated heterocycles. The summed E-state index contributed by atoms with van der Waals surface area (Å²) in [5.74, 6) is 0.721. The predicted octanol–water partition coefficient (Wildman–Crippen LogP) is 4.66. The third-order valence-corrected chi connectivity index (χ3v) is 5.75. The number of amides is 1. The second-order valence-electron chi connectivity index (χ2n) is 6.96. The van der Waals surface area contributed by atoms with E-state index in [0.717, 1.165) is 28.3 Å². The van der Waals surface area contributed by atoms with Crippen molar-refractivity contribution in [2.75, 3.05) is 0 Å². The smallest absolute Gasteiger partial charge is 0.276 e. The van der Waals surface area contributed by atoms with E-state index in [-0.39, 0.29) is 5.91 Å². The maximum Gasteiger partial charge on any atom is 0.276 e. The van der Waals surface area contributed by atoms with Gasteiger partial charge in [-0.05, 0) is 67.5 Å². The van der Waals surface area contributed by atoms with Crippen LogP contribution in [-0.4, -0.2) is 20.5 Å². The van der Waals surface area contributed by atoms with Crippen LogP contribution in [0.1, 0.15) is 28.3 Å². The Morgan fingerprint density at radius 1 is 1.17 bits per heavy atom. The highest BCUT2D eigenvalue weighted by molar-refractivity contribution is 7.80. The van der Waals surface area contributed by atoms with Gasteiger partial charge in [0.2, 0.25) is 0 Å². The molecule has 2 aromatic heterocycles. The first-order valence-corrected chi connectivity index (χ1v) is 9.99. The number of halogens is 1. The molecule has 1 aromatic carbocycles.